The highest BCUT2D eigenvalue weighted by atomic mass is 32.2. The fourth-order valence-electron chi connectivity index (χ4n) is 3.65. The van der Waals surface area contributed by atoms with Crippen LogP contribution in [0.2, 0.25) is 0 Å². The highest BCUT2D eigenvalue weighted by Crippen LogP contribution is 2.28. The second-order valence-corrected chi connectivity index (χ2v) is 10.5. The first kappa shape index (κ1) is 19.8. The first-order valence-corrected chi connectivity index (χ1v) is 11.8. The lowest BCUT2D eigenvalue weighted by molar-refractivity contribution is -0.0440. The number of hydrogen-bond acceptors (Lipinski definition) is 5. The molecular formula is C18H28N2O4S2. The molecule has 2 atom stereocenters. The standard InChI is InChI=1S/C18H28N2O4S2/c1-13-11-20(12-14(2)24-13)26(22,23)9-8-19-18(21)17-10-15-6-4-3-5-7-16(15)25-17/h10,13-14H,3-9,11-12H2,1-2H3,(H,19,21)/t13-,14-/m1/s1. The molecule has 0 aromatic carbocycles. The van der Waals surface area contributed by atoms with Crippen molar-refractivity contribution in [2.75, 3.05) is 25.4 Å². The monoisotopic (exact) mass is 400 g/mol. The van der Waals surface area contributed by atoms with E-state index in [4.69, 9.17) is 4.74 Å². The van der Waals surface area contributed by atoms with E-state index in [1.165, 1.54) is 34.0 Å². The summed E-state index contributed by atoms with van der Waals surface area (Å²) in [7, 11) is -3.39. The summed E-state index contributed by atoms with van der Waals surface area (Å²) in [5.74, 6) is -0.245. The number of carbonyl (C=O) groups is 1. The molecule has 0 radical (unpaired) electrons. The third kappa shape index (κ3) is 4.85. The van der Waals surface area contributed by atoms with Crippen molar-refractivity contribution in [1.82, 2.24) is 9.62 Å². The van der Waals surface area contributed by atoms with Crippen LogP contribution >= 0.6 is 11.3 Å². The maximum atomic E-state index is 12.5. The summed E-state index contributed by atoms with van der Waals surface area (Å²) in [4.78, 5) is 14.4. The lowest BCUT2D eigenvalue weighted by Crippen LogP contribution is -2.49. The van der Waals surface area contributed by atoms with Crippen molar-refractivity contribution in [2.24, 2.45) is 0 Å². The number of nitrogens with one attached hydrogen (secondary N) is 1. The Balaban J connectivity index is 1.53. The summed E-state index contributed by atoms with van der Waals surface area (Å²) in [5, 5.41) is 2.78. The van der Waals surface area contributed by atoms with E-state index in [-0.39, 0.29) is 30.4 Å². The van der Waals surface area contributed by atoms with Crippen LogP contribution in [0.1, 0.15) is 53.2 Å². The average molecular weight is 401 g/mol. The number of morpholine rings is 1. The Labute approximate surface area is 160 Å². The number of aryl methyl sites for hydroxylation is 2. The van der Waals surface area contributed by atoms with Crippen LogP contribution in [-0.2, 0) is 27.6 Å². The molecule has 1 fully saturated rings. The molecule has 0 unspecified atom stereocenters. The first-order valence-electron chi connectivity index (χ1n) is 9.38. The molecule has 26 heavy (non-hydrogen) atoms. The molecule has 1 aliphatic carbocycles. The van der Waals surface area contributed by atoms with E-state index in [0.29, 0.717) is 18.0 Å². The third-order valence-corrected chi connectivity index (χ3v) is 7.94. The maximum absolute atomic E-state index is 12.5. The van der Waals surface area contributed by atoms with E-state index in [2.05, 4.69) is 5.32 Å². The first-order chi connectivity index (χ1) is 12.3. The van der Waals surface area contributed by atoms with Gasteiger partial charge in [-0.2, -0.15) is 4.31 Å². The Bertz CT molecular complexity index is 711. The summed E-state index contributed by atoms with van der Waals surface area (Å²) in [6.07, 6.45) is 5.49. The van der Waals surface area contributed by atoms with Crippen LogP contribution in [0.15, 0.2) is 6.07 Å². The van der Waals surface area contributed by atoms with Crippen LogP contribution in [0, 0.1) is 0 Å². The molecular weight excluding hydrogens is 372 g/mol. The van der Waals surface area contributed by atoms with Crippen molar-refractivity contribution in [1.29, 1.82) is 0 Å². The van der Waals surface area contributed by atoms with Crippen molar-refractivity contribution in [3.8, 4) is 0 Å². The highest BCUT2D eigenvalue weighted by molar-refractivity contribution is 7.89. The fraction of sp³-hybridized carbons (Fsp3) is 0.722. The second kappa shape index (κ2) is 8.37. The molecule has 1 amide bonds. The summed E-state index contributed by atoms with van der Waals surface area (Å²) >= 11 is 1.55. The van der Waals surface area contributed by atoms with Gasteiger partial charge in [0.05, 0.1) is 22.8 Å². The third-order valence-electron chi connectivity index (χ3n) is 4.90. The summed E-state index contributed by atoms with van der Waals surface area (Å²) < 4.78 is 32.1. The van der Waals surface area contributed by atoms with E-state index in [1.54, 1.807) is 11.3 Å². The molecule has 2 heterocycles. The Kier molecular flexibility index (Phi) is 6.37. The van der Waals surface area contributed by atoms with E-state index < -0.39 is 10.0 Å². The largest absolute Gasteiger partial charge is 0.373 e. The normalized spacial score (nSPS) is 24.7. The lowest BCUT2D eigenvalue weighted by atomic mass is 10.1. The SMILES string of the molecule is C[C@@H]1CN(S(=O)(=O)CCNC(=O)c2cc3c(s2)CCCCC3)C[C@@H](C)O1. The average Bonchev–Trinajstić information content (AvgIpc) is 2.85. The van der Waals surface area contributed by atoms with Gasteiger partial charge in [0.2, 0.25) is 10.0 Å². The minimum Gasteiger partial charge on any atom is -0.373 e. The van der Waals surface area contributed by atoms with Crippen LogP contribution in [0.3, 0.4) is 0 Å². The van der Waals surface area contributed by atoms with Gasteiger partial charge < -0.3 is 10.1 Å². The molecule has 3 rings (SSSR count). The number of hydrogen-bond donors (Lipinski definition) is 1. The molecule has 146 valence electrons. The van der Waals surface area contributed by atoms with E-state index in [0.717, 1.165) is 12.8 Å². The Morgan fingerprint density at radius 3 is 2.65 bits per heavy atom. The predicted molar refractivity (Wildman–Crippen MR) is 103 cm³/mol. The predicted octanol–water partition coefficient (Wildman–Crippen LogP) is 2.19. The van der Waals surface area contributed by atoms with E-state index in [1.807, 2.05) is 19.9 Å². The number of rotatable bonds is 5. The van der Waals surface area contributed by atoms with Gasteiger partial charge in [-0.3, -0.25) is 4.79 Å². The van der Waals surface area contributed by atoms with Gasteiger partial charge in [-0.25, -0.2) is 8.42 Å². The van der Waals surface area contributed by atoms with Gasteiger partial charge in [-0.05, 0) is 51.2 Å². The van der Waals surface area contributed by atoms with Crippen LogP contribution < -0.4 is 5.32 Å². The van der Waals surface area contributed by atoms with Crippen LogP contribution in [-0.4, -0.2) is 56.2 Å². The summed E-state index contributed by atoms with van der Waals surface area (Å²) in [5.41, 5.74) is 1.29. The molecule has 0 spiro atoms. The zero-order valence-electron chi connectivity index (χ0n) is 15.5. The van der Waals surface area contributed by atoms with Crippen molar-refractivity contribution in [3.63, 3.8) is 0 Å². The number of nitrogens with zero attached hydrogens (tertiary/aromatic N) is 1. The zero-order chi connectivity index (χ0) is 18.7. The number of thiophene rings is 1. The van der Waals surface area contributed by atoms with Gasteiger partial charge in [0.25, 0.3) is 5.91 Å². The second-order valence-electron chi connectivity index (χ2n) is 7.27. The molecule has 1 N–H and O–H groups in total. The molecule has 1 aliphatic heterocycles. The highest BCUT2D eigenvalue weighted by Gasteiger charge is 2.30. The Morgan fingerprint density at radius 1 is 1.23 bits per heavy atom. The van der Waals surface area contributed by atoms with Gasteiger partial charge in [0.1, 0.15) is 0 Å². The molecule has 0 bridgehead atoms. The lowest BCUT2D eigenvalue weighted by Gasteiger charge is -2.34. The zero-order valence-corrected chi connectivity index (χ0v) is 17.1. The minimum atomic E-state index is -3.39. The van der Waals surface area contributed by atoms with Crippen LogP contribution in [0.25, 0.3) is 0 Å². The molecule has 1 aromatic heterocycles. The van der Waals surface area contributed by atoms with E-state index in [9.17, 15) is 13.2 Å². The minimum absolute atomic E-state index is 0.0801. The van der Waals surface area contributed by atoms with E-state index >= 15 is 0 Å². The molecule has 6 nitrogen and oxygen atoms in total. The maximum Gasteiger partial charge on any atom is 0.261 e. The van der Waals surface area contributed by atoms with Gasteiger partial charge >= 0.3 is 0 Å². The molecule has 0 saturated carbocycles. The smallest absolute Gasteiger partial charge is 0.261 e. The topological polar surface area (TPSA) is 75.7 Å². The fourth-order valence-corrected chi connectivity index (χ4v) is 6.31. The summed E-state index contributed by atoms with van der Waals surface area (Å²) in [6, 6.07) is 1.99. The van der Waals surface area contributed by atoms with Crippen molar-refractivity contribution >= 4 is 27.3 Å². The van der Waals surface area contributed by atoms with Crippen LogP contribution in [0.5, 0.6) is 0 Å². The molecule has 2 aliphatic rings. The van der Waals surface area contributed by atoms with Gasteiger partial charge in [0, 0.05) is 24.5 Å². The molecule has 8 heteroatoms. The number of fused-ring (bicyclic) bond motifs is 1. The molecule has 1 saturated heterocycles. The van der Waals surface area contributed by atoms with Crippen molar-refractivity contribution in [2.45, 2.75) is 58.2 Å². The van der Waals surface area contributed by atoms with Gasteiger partial charge in [-0.15, -0.1) is 11.3 Å². The Morgan fingerprint density at radius 2 is 1.92 bits per heavy atom. The number of ether oxygens (including phenoxy) is 1. The Hall–Kier alpha value is -0.960. The van der Waals surface area contributed by atoms with Gasteiger partial charge in [-0.1, -0.05) is 6.42 Å². The number of amides is 1. The number of carbonyl (C=O) groups excluding carboxylic acids is 1. The van der Waals surface area contributed by atoms with Crippen molar-refractivity contribution < 1.29 is 17.9 Å². The van der Waals surface area contributed by atoms with Gasteiger partial charge in [0.15, 0.2) is 0 Å². The summed E-state index contributed by atoms with van der Waals surface area (Å²) in [6.45, 7) is 4.63. The quantitative estimate of drug-likeness (QED) is 0.769. The number of sulfonamides is 1. The van der Waals surface area contributed by atoms with Crippen LogP contribution in [0.4, 0.5) is 0 Å². The molecule has 1 aromatic rings. The van der Waals surface area contributed by atoms with Crippen molar-refractivity contribution in [3.05, 3.63) is 21.4 Å².